The molecule has 1 aromatic heterocycles. The lowest BCUT2D eigenvalue weighted by Crippen LogP contribution is -2.21. The third kappa shape index (κ3) is 3.60. The first kappa shape index (κ1) is 15.7. The van der Waals surface area contributed by atoms with Crippen molar-refractivity contribution in [3.05, 3.63) is 21.4 Å². The van der Waals surface area contributed by atoms with Gasteiger partial charge in [0.1, 0.15) is 0 Å². The van der Waals surface area contributed by atoms with Gasteiger partial charge in [0.15, 0.2) is 0 Å². The van der Waals surface area contributed by atoms with Crippen molar-refractivity contribution in [3.8, 4) is 0 Å². The van der Waals surface area contributed by atoms with Crippen LogP contribution in [0.3, 0.4) is 0 Å². The van der Waals surface area contributed by atoms with E-state index in [1.165, 1.54) is 36.1 Å². The molecular weight excluding hydrogens is 292 g/mol. The van der Waals surface area contributed by atoms with Crippen molar-refractivity contribution in [1.82, 2.24) is 5.43 Å². The topological polar surface area (TPSA) is 41.5 Å². The van der Waals surface area contributed by atoms with Gasteiger partial charge in [0.25, 0.3) is 5.91 Å². The van der Waals surface area contributed by atoms with E-state index in [1.807, 2.05) is 0 Å². The molecule has 1 N–H and O–H groups in total. The molecular formula is C18H26N2OS. The Labute approximate surface area is 137 Å². The van der Waals surface area contributed by atoms with E-state index in [0.717, 1.165) is 42.2 Å². The van der Waals surface area contributed by atoms with Crippen molar-refractivity contribution in [1.29, 1.82) is 0 Å². The Kier molecular flexibility index (Phi) is 4.97. The third-order valence-electron chi connectivity index (χ3n) is 5.05. The minimum absolute atomic E-state index is 0.0295. The van der Waals surface area contributed by atoms with Crippen LogP contribution in [0.15, 0.2) is 11.2 Å². The predicted molar refractivity (Wildman–Crippen MR) is 92.7 cm³/mol. The van der Waals surface area contributed by atoms with Gasteiger partial charge in [-0.05, 0) is 68.4 Å². The van der Waals surface area contributed by atoms with Crippen molar-refractivity contribution in [2.24, 2.45) is 16.9 Å². The maximum absolute atomic E-state index is 12.3. The Balaban J connectivity index is 1.63. The Bertz CT molecular complexity index is 576. The number of thiophene rings is 1. The number of amides is 1. The molecule has 120 valence electrons. The number of hydrogen-bond acceptors (Lipinski definition) is 3. The molecule has 4 heteroatoms. The van der Waals surface area contributed by atoms with E-state index in [2.05, 4.69) is 30.4 Å². The van der Waals surface area contributed by atoms with Gasteiger partial charge < -0.3 is 0 Å². The zero-order valence-electron chi connectivity index (χ0n) is 13.7. The largest absolute Gasteiger partial charge is 0.281 e. The summed E-state index contributed by atoms with van der Waals surface area (Å²) in [6.07, 6.45) is 9.32. The maximum Gasteiger partial charge on any atom is 0.281 e. The second-order valence-corrected chi connectivity index (χ2v) is 8.03. The van der Waals surface area contributed by atoms with E-state index in [-0.39, 0.29) is 5.91 Å². The first-order valence-corrected chi connectivity index (χ1v) is 9.44. The van der Waals surface area contributed by atoms with Gasteiger partial charge >= 0.3 is 0 Å². The first-order chi connectivity index (χ1) is 10.7. The molecule has 3 rings (SSSR count). The molecule has 2 aliphatic carbocycles. The fourth-order valence-electron chi connectivity index (χ4n) is 3.61. The number of hydrazone groups is 1. The minimum atomic E-state index is -0.0295. The molecule has 0 unspecified atom stereocenters. The van der Waals surface area contributed by atoms with Crippen LogP contribution in [-0.2, 0) is 12.8 Å². The summed E-state index contributed by atoms with van der Waals surface area (Å²) in [7, 11) is 0. The zero-order chi connectivity index (χ0) is 15.5. The summed E-state index contributed by atoms with van der Waals surface area (Å²) in [6, 6.07) is 2.10. The summed E-state index contributed by atoms with van der Waals surface area (Å²) in [6.45, 7) is 4.52. The van der Waals surface area contributed by atoms with Crippen LogP contribution in [0.4, 0.5) is 0 Å². The Morgan fingerprint density at radius 3 is 3.00 bits per heavy atom. The van der Waals surface area contributed by atoms with E-state index in [4.69, 9.17) is 0 Å². The van der Waals surface area contributed by atoms with Crippen molar-refractivity contribution in [2.75, 3.05) is 0 Å². The summed E-state index contributed by atoms with van der Waals surface area (Å²) >= 11 is 1.66. The maximum atomic E-state index is 12.3. The van der Waals surface area contributed by atoms with Crippen LogP contribution in [0.5, 0.6) is 0 Å². The molecule has 0 saturated heterocycles. The summed E-state index contributed by atoms with van der Waals surface area (Å²) < 4.78 is 0. The average Bonchev–Trinajstić information content (AvgIpc) is 2.95. The number of carbonyl (C=O) groups excluding carboxylic acids is 1. The van der Waals surface area contributed by atoms with Gasteiger partial charge in [-0.3, -0.25) is 4.79 Å². The van der Waals surface area contributed by atoms with Gasteiger partial charge in [-0.2, -0.15) is 5.10 Å². The normalized spacial score (nSPS) is 26.7. The Hall–Kier alpha value is -1.16. The van der Waals surface area contributed by atoms with Crippen LogP contribution in [0.1, 0.15) is 72.5 Å². The molecule has 1 heterocycles. The molecule has 1 aromatic rings. The average molecular weight is 318 g/mol. The molecule has 0 bridgehead atoms. The number of nitrogens with one attached hydrogen (secondary N) is 1. The van der Waals surface area contributed by atoms with E-state index >= 15 is 0 Å². The first-order valence-electron chi connectivity index (χ1n) is 8.63. The van der Waals surface area contributed by atoms with Gasteiger partial charge in [0.2, 0.25) is 0 Å². The number of carbonyl (C=O) groups is 1. The summed E-state index contributed by atoms with van der Waals surface area (Å²) in [5.74, 6) is 1.46. The third-order valence-corrected chi connectivity index (χ3v) is 6.28. The standard InChI is InChI=1S/C18H26N2OS/c1-3-13-7-8-16-14(10-13)11-17(22-16)18(21)20-19-15-6-4-5-12(2)9-15/h11-13H,3-10H2,1-2H3,(H,20,21)/b19-15-/t12-,13+/m1/s1. The van der Waals surface area contributed by atoms with E-state index in [9.17, 15) is 4.79 Å². The van der Waals surface area contributed by atoms with Gasteiger partial charge in [0.05, 0.1) is 4.88 Å². The van der Waals surface area contributed by atoms with Crippen LogP contribution in [-0.4, -0.2) is 11.6 Å². The highest BCUT2D eigenvalue weighted by atomic mass is 32.1. The number of hydrogen-bond donors (Lipinski definition) is 1. The lowest BCUT2D eigenvalue weighted by molar-refractivity contribution is 0.0958. The highest BCUT2D eigenvalue weighted by molar-refractivity contribution is 7.14. The van der Waals surface area contributed by atoms with E-state index < -0.39 is 0 Å². The monoisotopic (exact) mass is 318 g/mol. The van der Waals surface area contributed by atoms with Crippen LogP contribution >= 0.6 is 11.3 Å². The lowest BCUT2D eigenvalue weighted by atomic mass is 9.87. The Morgan fingerprint density at radius 2 is 2.23 bits per heavy atom. The molecule has 0 aliphatic heterocycles. The highest BCUT2D eigenvalue weighted by Crippen LogP contribution is 2.33. The van der Waals surface area contributed by atoms with E-state index in [1.54, 1.807) is 11.3 Å². The number of nitrogens with zero attached hydrogens (tertiary/aromatic N) is 1. The zero-order valence-corrected chi connectivity index (χ0v) is 14.5. The smallest absolute Gasteiger partial charge is 0.266 e. The highest BCUT2D eigenvalue weighted by Gasteiger charge is 2.22. The quantitative estimate of drug-likeness (QED) is 0.816. The van der Waals surface area contributed by atoms with Gasteiger partial charge in [0, 0.05) is 10.6 Å². The molecule has 1 amide bonds. The van der Waals surface area contributed by atoms with Crippen molar-refractivity contribution in [3.63, 3.8) is 0 Å². The predicted octanol–water partition coefficient (Wildman–Crippen LogP) is 4.56. The molecule has 3 nitrogen and oxygen atoms in total. The molecule has 0 aromatic carbocycles. The molecule has 0 radical (unpaired) electrons. The van der Waals surface area contributed by atoms with Crippen LogP contribution in [0, 0.1) is 11.8 Å². The van der Waals surface area contributed by atoms with Crippen molar-refractivity contribution in [2.45, 2.75) is 65.2 Å². The molecule has 22 heavy (non-hydrogen) atoms. The summed E-state index contributed by atoms with van der Waals surface area (Å²) in [4.78, 5) is 14.6. The summed E-state index contributed by atoms with van der Waals surface area (Å²) in [5, 5.41) is 4.37. The molecule has 1 saturated carbocycles. The SMILES string of the molecule is CC[C@H]1CCc2sc(C(=O)N/N=C3/CCC[C@@H](C)C3)cc2C1. The van der Waals surface area contributed by atoms with Crippen molar-refractivity contribution < 1.29 is 4.79 Å². The van der Waals surface area contributed by atoms with Crippen LogP contribution in [0.2, 0.25) is 0 Å². The van der Waals surface area contributed by atoms with Gasteiger partial charge in [-0.15, -0.1) is 11.3 Å². The minimum Gasteiger partial charge on any atom is -0.266 e. The van der Waals surface area contributed by atoms with Gasteiger partial charge in [-0.1, -0.05) is 20.3 Å². The number of fused-ring (bicyclic) bond motifs is 1. The van der Waals surface area contributed by atoms with Gasteiger partial charge in [-0.25, -0.2) is 5.43 Å². The second-order valence-electron chi connectivity index (χ2n) is 6.90. The van der Waals surface area contributed by atoms with Crippen LogP contribution in [0.25, 0.3) is 0 Å². The number of rotatable bonds is 3. The second kappa shape index (κ2) is 6.95. The van der Waals surface area contributed by atoms with Crippen molar-refractivity contribution >= 4 is 23.0 Å². The van der Waals surface area contributed by atoms with E-state index in [0.29, 0.717) is 5.92 Å². The summed E-state index contributed by atoms with van der Waals surface area (Å²) in [5.41, 5.74) is 5.33. The molecule has 2 aliphatic rings. The molecule has 1 fully saturated rings. The lowest BCUT2D eigenvalue weighted by Gasteiger charge is -2.19. The number of aryl methyl sites for hydroxylation is 1. The van der Waals surface area contributed by atoms with Crippen LogP contribution < -0.4 is 5.43 Å². The fraction of sp³-hybridized carbons (Fsp3) is 0.667. The molecule has 0 spiro atoms. The molecule has 2 atom stereocenters. The fourth-order valence-corrected chi connectivity index (χ4v) is 4.71. The Morgan fingerprint density at radius 1 is 1.36 bits per heavy atom.